The third-order valence-electron chi connectivity index (χ3n) is 6.80. The van der Waals surface area contributed by atoms with Gasteiger partial charge in [-0.25, -0.2) is 10.4 Å². The summed E-state index contributed by atoms with van der Waals surface area (Å²) in [4.78, 5) is 33.5. The zero-order chi connectivity index (χ0) is 26.1. The summed E-state index contributed by atoms with van der Waals surface area (Å²) in [5.41, 5.74) is 6.51. The number of nitrogens with one attached hydrogen (secondary N) is 1. The first-order valence-corrected chi connectivity index (χ1v) is 14.5. The lowest BCUT2D eigenvalue weighted by Gasteiger charge is -2.13. The molecule has 0 bridgehead atoms. The topological polar surface area (TPSA) is 76.3 Å². The Labute approximate surface area is 228 Å². The van der Waals surface area contributed by atoms with Gasteiger partial charge < -0.3 is 0 Å². The van der Waals surface area contributed by atoms with Gasteiger partial charge in [-0.1, -0.05) is 71.9 Å². The highest BCUT2D eigenvalue weighted by molar-refractivity contribution is 7.99. The van der Waals surface area contributed by atoms with Crippen molar-refractivity contribution in [3.8, 4) is 5.69 Å². The van der Waals surface area contributed by atoms with Crippen molar-refractivity contribution in [2.75, 3.05) is 5.75 Å². The average Bonchev–Trinajstić information content (AvgIpc) is 3.31. The third-order valence-corrected chi connectivity index (χ3v) is 8.92. The first kappa shape index (κ1) is 24.6. The lowest BCUT2D eigenvalue weighted by atomic mass is 9.97. The maximum atomic E-state index is 13.8. The Kier molecular flexibility index (Phi) is 6.82. The Morgan fingerprint density at radius 3 is 2.74 bits per heavy atom. The fourth-order valence-electron chi connectivity index (χ4n) is 4.90. The maximum Gasteiger partial charge on any atom is 0.267 e. The van der Waals surface area contributed by atoms with Crippen LogP contribution < -0.4 is 11.0 Å². The van der Waals surface area contributed by atoms with Gasteiger partial charge in [0, 0.05) is 10.4 Å². The number of hydrogen-bond acceptors (Lipinski definition) is 6. The molecule has 2 heterocycles. The second kappa shape index (κ2) is 10.6. The van der Waals surface area contributed by atoms with E-state index in [0.29, 0.717) is 5.16 Å². The standard InChI is InChI=1S/C30H26N4O2S2/c1-19-13-15-22(16-14-19)34-29(36)27-24-11-4-5-12-25(24)38-28(27)32-30(34)37-18-26(35)33-31-17-21-9-6-8-20-7-2-3-10-23(20)21/h2-3,6-10,13-17H,4-5,11-12,18H2,1H3,(H,33,35). The molecule has 0 fully saturated rings. The molecule has 38 heavy (non-hydrogen) atoms. The van der Waals surface area contributed by atoms with Crippen LogP contribution in [0.4, 0.5) is 0 Å². The second-order valence-corrected chi connectivity index (χ2v) is 11.4. The van der Waals surface area contributed by atoms with E-state index >= 15 is 0 Å². The Morgan fingerprint density at radius 2 is 1.87 bits per heavy atom. The molecule has 1 aliphatic rings. The van der Waals surface area contributed by atoms with E-state index in [2.05, 4.69) is 10.5 Å². The Bertz CT molecular complexity index is 1750. The number of fused-ring (bicyclic) bond motifs is 4. The number of thioether (sulfide) groups is 1. The number of aryl methyl sites for hydroxylation is 3. The van der Waals surface area contributed by atoms with E-state index in [4.69, 9.17) is 4.98 Å². The molecule has 8 heteroatoms. The lowest BCUT2D eigenvalue weighted by Crippen LogP contribution is -2.24. The Hall–Kier alpha value is -3.75. The first-order valence-electron chi connectivity index (χ1n) is 12.7. The van der Waals surface area contributed by atoms with Crippen LogP contribution in [-0.2, 0) is 17.6 Å². The largest absolute Gasteiger partial charge is 0.272 e. The van der Waals surface area contributed by atoms with Crippen LogP contribution in [0.15, 0.2) is 81.8 Å². The molecule has 6 rings (SSSR count). The highest BCUT2D eigenvalue weighted by atomic mass is 32.2. The van der Waals surface area contributed by atoms with Crippen LogP contribution >= 0.6 is 23.1 Å². The van der Waals surface area contributed by atoms with E-state index in [-0.39, 0.29) is 17.2 Å². The predicted molar refractivity (Wildman–Crippen MR) is 157 cm³/mol. The summed E-state index contributed by atoms with van der Waals surface area (Å²) >= 11 is 2.87. The van der Waals surface area contributed by atoms with Gasteiger partial charge in [0.25, 0.3) is 11.5 Å². The molecule has 0 saturated carbocycles. The molecule has 0 aliphatic heterocycles. The van der Waals surface area contributed by atoms with Crippen LogP contribution in [0.1, 0.15) is 34.4 Å². The Balaban J connectivity index is 1.27. The number of nitrogens with zero attached hydrogens (tertiary/aromatic N) is 3. The summed E-state index contributed by atoms with van der Waals surface area (Å²) in [6, 6.07) is 21.9. The number of carbonyl (C=O) groups excluding carboxylic acids is 1. The zero-order valence-corrected chi connectivity index (χ0v) is 22.6. The van der Waals surface area contributed by atoms with E-state index in [9.17, 15) is 9.59 Å². The molecule has 190 valence electrons. The smallest absolute Gasteiger partial charge is 0.267 e. The van der Waals surface area contributed by atoms with Gasteiger partial charge in [0.05, 0.1) is 23.0 Å². The van der Waals surface area contributed by atoms with Crippen LogP contribution in [0.2, 0.25) is 0 Å². The summed E-state index contributed by atoms with van der Waals surface area (Å²) in [7, 11) is 0. The summed E-state index contributed by atoms with van der Waals surface area (Å²) < 4.78 is 1.65. The van der Waals surface area contributed by atoms with Crippen molar-refractivity contribution in [2.45, 2.75) is 37.8 Å². The first-order chi connectivity index (χ1) is 18.6. The van der Waals surface area contributed by atoms with E-state index in [0.717, 1.165) is 69.1 Å². The average molecular weight is 539 g/mol. The predicted octanol–water partition coefficient (Wildman–Crippen LogP) is 6.03. The van der Waals surface area contributed by atoms with Crippen molar-refractivity contribution < 1.29 is 4.79 Å². The quantitative estimate of drug-likeness (QED) is 0.124. The summed E-state index contributed by atoms with van der Waals surface area (Å²) in [6.45, 7) is 2.02. The molecule has 5 aromatic rings. The van der Waals surface area contributed by atoms with Gasteiger partial charge in [0.1, 0.15) is 4.83 Å². The molecule has 6 nitrogen and oxygen atoms in total. The highest BCUT2D eigenvalue weighted by Crippen LogP contribution is 2.35. The second-order valence-electron chi connectivity index (χ2n) is 9.41. The molecule has 0 unspecified atom stereocenters. The van der Waals surface area contributed by atoms with Crippen LogP contribution in [-0.4, -0.2) is 27.4 Å². The maximum absolute atomic E-state index is 13.8. The highest BCUT2D eigenvalue weighted by Gasteiger charge is 2.23. The van der Waals surface area contributed by atoms with Gasteiger partial charge in [-0.3, -0.25) is 14.2 Å². The van der Waals surface area contributed by atoms with E-state index < -0.39 is 0 Å². The van der Waals surface area contributed by atoms with E-state index in [1.54, 1.807) is 22.1 Å². The molecule has 0 atom stereocenters. The summed E-state index contributed by atoms with van der Waals surface area (Å²) in [5.74, 6) is -0.177. The van der Waals surface area contributed by atoms with Gasteiger partial charge in [0.2, 0.25) is 0 Å². The van der Waals surface area contributed by atoms with Crippen LogP contribution in [0.25, 0.3) is 26.7 Å². The van der Waals surface area contributed by atoms with E-state index in [1.165, 1.54) is 16.6 Å². The monoisotopic (exact) mass is 538 g/mol. The molecule has 2 aromatic heterocycles. The lowest BCUT2D eigenvalue weighted by molar-refractivity contribution is -0.118. The number of aromatic nitrogens is 2. The number of hydrazone groups is 1. The molecule has 0 spiro atoms. The minimum atomic E-state index is -0.262. The number of carbonyl (C=O) groups is 1. The van der Waals surface area contributed by atoms with Gasteiger partial charge in [-0.05, 0) is 61.1 Å². The third kappa shape index (κ3) is 4.77. The minimum Gasteiger partial charge on any atom is -0.272 e. The van der Waals surface area contributed by atoms with Crippen LogP contribution in [0.3, 0.4) is 0 Å². The molecule has 3 aromatic carbocycles. The molecule has 1 N–H and O–H groups in total. The number of benzene rings is 3. The van der Waals surface area contributed by atoms with Crippen molar-refractivity contribution >= 4 is 56.2 Å². The van der Waals surface area contributed by atoms with Crippen LogP contribution in [0.5, 0.6) is 0 Å². The van der Waals surface area contributed by atoms with Gasteiger partial charge >= 0.3 is 0 Å². The molecule has 1 amide bonds. The van der Waals surface area contributed by atoms with E-state index in [1.807, 2.05) is 73.7 Å². The minimum absolute atomic E-state index is 0.0601. The molecular weight excluding hydrogens is 512 g/mol. The zero-order valence-electron chi connectivity index (χ0n) is 20.9. The molecule has 0 saturated heterocycles. The number of hydrogen-bond donors (Lipinski definition) is 1. The number of thiophene rings is 1. The number of amides is 1. The van der Waals surface area contributed by atoms with Crippen molar-refractivity contribution in [1.29, 1.82) is 0 Å². The Morgan fingerprint density at radius 1 is 1.08 bits per heavy atom. The SMILES string of the molecule is Cc1ccc(-n2c(SCC(=O)NN=Cc3cccc4ccccc34)nc3sc4c(c3c2=O)CCCC4)cc1. The summed E-state index contributed by atoms with van der Waals surface area (Å²) in [5, 5.41) is 7.61. The van der Waals surface area contributed by atoms with Crippen molar-refractivity contribution in [3.63, 3.8) is 0 Å². The molecule has 1 aliphatic carbocycles. The fourth-order valence-corrected chi connectivity index (χ4v) is 7.01. The van der Waals surface area contributed by atoms with Crippen molar-refractivity contribution in [2.24, 2.45) is 5.10 Å². The molecular formula is C30H26N4O2S2. The van der Waals surface area contributed by atoms with Crippen molar-refractivity contribution in [1.82, 2.24) is 15.0 Å². The van der Waals surface area contributed by atoms with Crippen LogP contribution in [0, 0.1) is 6.92 Å². The fraction of sp³-hybridized carbons (Fsp3) is 0.200. The van der Waals surface area contributed by atoms with Gasteiger partial charge in [-0.15, -0.1) is 11.3 Å². The normalized spacial score (nSPS) is 13.3. The van der Waals surface area contributed by atoms with Gasteiger partial charge in [-0.2, -0.15) is 5.10 Å². The van der Waals surface area contributed by atoms with Crippen molar-refractivity contribution in [3.05, 3.63) is 98.7 Å². The van der Waals surface area contributed by atoms with Gasteiger partial charge in [0.15, 0.2) is 5.16 Å². The number of rotatable bonds is 6. The molecule has 0 radical (unpaired) electrons. The summed E-state index contributed by atoms with van der Waals surface area (Å²) in [6.07, 6.45) is 5.82.